The largest absolute Gasteiger partial charge is 0.493 e. The lowest BCUT2D eigenvalue weighted by molar-refractivity contribution is 0.352. The van der Waals surface area contributed by atoms with Crippen molar-refractivity contribution < 1.29 is 4.74 Å². The fraction of sp³-hybridized carbons (Fsp3) is 0.286. The Kier molecular flexibility index (Phi) is 3.06. The molecule has 2 N–H and O–H groups in total. The fourth-order valence-corrected chi connectivity index (χ4v) is 3.45. The molecule has 94 valence electrons. The van der Waals surface area contributed by atoms with Crippen molar-refractivity contribution in [2.45, 2.75) is 19.4 Å². The highest BCUT2D eigenvalue weighted by molar-refractivity contribution is 7.12. The number of thiophene rings is 1. The highest BCUT2D eigenvalue weighted by atomic mass is 35.5. The quantitative estimate of drug-likeness (QED) is 0.910. The molecular weight excluding hydrogens is 266 g/mol. The molecule has 1 aromatic carbocycles. The molecule has 0 aliphatic carbocycles. The molecule has 0 amide bonds. The number of fused-ring (bicyclic) bond motifs is 1. The summed E-state index contributed by atoms with van der Waals surface area (Å²) in [5.41, 5.74) is 8.51. The van der Waals surface area contributed by atoms with Crippen molar-refractivity contribution in [1.82, 2.24) is 0 Å². The molecule has 0 bridgehead atoms. The molecule has 2 aromatic rings. The first kappa shape index (κ1) is 12.0. The van der Waals surface area contributed by atoms with E-state index in [0.717, 1.165) is 34.2 Å². The van der Waals surface area contributed by atoms with Gasteiger partial charge >= 0.3 is 0 Å². The summed E-state index contributed by atoms with van der Waals surface area (Å²) in [5, 5.41) is 0.734. The number of nitrogens with two attached hydrogens (primary N) is 1. The summed E-state index contributed by atoms with van der Waals surface area (Å²) in [6.45, 7) is 2.80. The van der Waals surface area contributed by atoms with E-state index < -0.39 is 0 Å². The number of ether oxygens (including phenoxy) is 1. The summed E-state index contributed by atoms with van der Waals surface area (Å²) in [6, 6.07) is 7.90. The van der Waals surface area contributed by atoms with Crippen LogP contribution in [0.4, 0.5) is 0 Å². The van der Waals surface area contributed by atoms with E-state index in [1.165, 1.54) is 10.4 Å². The molecule has 1 aliphatic heterocycles. The summed E-state index contributed by atoms with van der Waals surface area (Å²) >= 11 is 7.88. The van der Waals surface area contributed by atoms with Crippen LogP contribution in [0, 0.1) is 6.92 Å². The van der Waals surface area contributed by atoms with Crippen LogP contribution in [0.2, 0.25) is 5.02 Å². The van der Waals surface area contributed by atoms with Crippen LogP contribution in [-0.2, 0) is 6.42 Å². The van der Waals surface area contributed by atoms with Gasteiger partial charge in [0.05, 0.1) is 12.6 Å². The highest BCUT2D eigenvalue weighted by Crippen LogP contribution is 2.38. The standard InChI is InChI=1S/C14H14ClNOS/c1-8-2-3-12(18-8)13(16)11-7-10(15)6-9-4-5-17-14(9)11/h2-3,6-7,13H,4-5,16H2,1H3. The summed E-state index contributed by atoms with van der Waals surface area (Å²) in [6.07, 6.45) is 0.916. The van der Waals surface area contributed by atoms with Crippen molar-refractivity contribution in [2.75, 3.05) is 6.61 Å². The van der Waals surface area contributed by atoms with Gasteiger partial charge in [-0.25, -0.2) is 0 Å². The molecule has 0 spiro atoms. The van der Waals surface area contributed by atoms with E-state index in [1.54, 1.807) is 11.3 Å². The Bertz CT molecular complexity index is 593. The van der Waals surface area contributed by atoms with Gasteiger partial charge in [0, 0.05) is 26.8 Å². The first-order valence-corrected chi connectivity index (χ1v) is 7.11. The molecule has 2 heterocycles. The first-order valence-electron chi connectivity index (χ1n) is 5.92. The summed E-state index contributed by atoms with van der Waals surface area (Å²) < 4.78 is 5.70. The predicted molar refractivity (Wildman–Crippen MR) is 75.7 cm³/mol. The zero-order chi connectivity index (χ0) is 12.7. The SMILES string of the molecule is Cc1ccc(C(N)c2cc(Cl)cc3c2OCC3)s1. The Balaban J connectivity index is 2.06. The Labute approximate surface area is 115 Å². The van der Waals surface area contributed by atoms with Gasteiger partial charge < -0.3 is 10.5 Å². The van der Waals surface area contributed by atoms with Gasteiger partial charge in [0.1, 0.15) is 5.75 Å². The molecule has 0 fully saturated rings. The first-order chi connectivity index (χ1) is 8.65. The lowest BCUT2D eigenvalue weighted by Gasteiger charge is -2.14. The van der Waals surface area contributed by atoms with Gasteiger partial charge in [0.2, 0.25) is 0 Å². The lowest BCUT2D eigenvalue weighted by Crippen LogP contribution is -2.11. The number of halogens is 1. The maximum Gasteiger partial charge on any atom is 0.127 e. The molecule has 0 radical (unpaired) electrons. The van der Waals surface area contributed by atoms with E-state index >= 15 is 0 Å². The van der Waals surface area contributed by atoms with E-state index in [2.05, 4.69) is 19.1 Å². The van der Waals surface area contributed by atoms with Crippen molar-refractivity contribution in [1.29, 1.82) is 0 Å². The van der Waals surface area contributed by atoms with E-state index in [4.69, 9.17) is 22.1 Å². The summed E-state index contributed by atoms with van der Waals surface area (Å²) in [5.74, 6) is 0.929. The number of rotatable bonds is 2. The van der Waals surface area contributed by atoms with Crippen LogP contribution < -0.4 is 10.5 Å². The second-order valence-corrected chi connectivity index (χ2v) is 6.26. The third-order valence-electron chi connectivity index (χ3n) is 3.18. The van der Waals surface area contributed by atoms with Gasteiger partial charge in [0.15, 0.2) is 0 Å². The number of aryl methyl sites for hydroxylation is 1. The van der Waals surface area contributed by atoms with E-state index in [9.17, 15) is 0 Å². The van der Waals surface area contributed by atoms with Crippen molar-refractivity contribution in [3.05, 3.63) is 50.2 Å². The van der Waals surface area contributed by atoms with Gasteiger partial charge in [-0.2, -0.15) is 0 Å². The van der Waals surface area contributed by atoms with Gasteiger partial charge in [-0.3, -0.25) is 0 Å². The van der Waals surface area contributed by atoms with Gasteiger partial charge in [0.25, 0.3) is 0 Å². The lowest BCUT2D eigenvalue weighted by atomic mass is 10.0. The van der Waals surface area contributed by atoms with Crippen molar-refractivity contribution >= 4 is 22.9 Å². The molecule has 2 nitrogen and oxygen atoms in total. The molecule has 1 aliphatic rings. The van der Waals surface area contributed by atoms with Crippen molar-refractivity contribution in [3.8, 4) is 5.75 Å². The van der Waals surface area contributed by atoms with Gasteiger partial charge in [-0.05, 0) is 36.8 Å². The van der Waals surface area contributed by atoms with Crippen LogP contribution in [-0.4, -0.2) is 6.61 Å². The van der Waals surface area contributed by atoms with Gasteiger partial charge in [-0.15, -0.1) is 11.3 Å². The number of benzene rings is 1. The van der Waals surface area contributed by atoms with Crippen LogP contribution in [0.15, 0.2) is 24.3 Å². The zero-order valence-corrected chi connectivity index (χ0v) is 11.6. The minimum absolute atomic E-state index is 0.158. The number of hydrogen-bond acceptors (Lipinski definition) is 3. The third kappa shape index (κ3) is 2.03. The number of hydrogen-bond donors (Lipinski definition) is 1. The average molecular weight is 280 g/mol. The van der Waals surface area contributed by atoms with Crippen LogP contribution in [0.1, 0.15) is 26.9 Å². The highest BCUT2D eigenvalue weighted by Gasteiger charge is 2.23. The molecule has 3 rings (SSSR count). The van der Waals surface area contributed by atoms with Crippen LogP contribution >= 0.6 is 22.9 Å². The van der Waals surface area contributed by atoms with E-state index in [1.807, 2.05) is 12.1 Å². The monoisotopic (exact) mass is 279 g/mol. The molecule has 1 aromatic heterocycles. The fourth-order valence-electron chi connectivity index (χ4n) is 2.30. The molecule has 0 saturated heterocycles. The second kappa shape index (κ2) is 4.57. The van der Waals surface area contributed by atoms with Crippen LogP contribution in [0.25, 0.3) is 0 Å². The maximum absolute atomic E-state index is 6.34. The predicted octanol–water partition coefficient (Wildman–Crippen LogP) is 3.69. The van der Waals surface area contributed by atoms with Crippen molar-refractivity contribution in [3.63, 3.8) is 0 Å². The Morgan fingerprint density at radius 2 is 2.22 bits per heavy atom. The topological polar surface area (TPSA) is 35.2 Å². The summed E-state index contributed by atoms with van der Waals surface area (Å²) in [7, 11) is 0. The minimum Gasteiger partial charge on any atom is -0.493 e. The van der Waals surface area contributed by atoms with Gasteiger partial charge in [-0.1, -0.05) is 11.6 Å². The zero-order valence-electron chi connectivity index (χ0n) is 10.1. The van der Waals surface area contributed by atoms with E-state index in [-0.39, 0.29) is 6.04 Å². The normalized spacial score (nSPS) is 15.3. The molecule has 0 saturated carbocycles. The van der Waals surface area contributed by atoms with Crippen LogP contribution in [0.5, 0.6) is 5.75 Å². The van der Waals surface area contributed by atoms with Crippen LogP contribution in [0.3, 0.4) is 0 Å². The molecule has 1 unspecified atom stereocenters. The Morgan fingerprint density at radius 3 is 2.94 bits per heavy atom. The third-order valence-corrected chi connectivity index (χ3v) is 4.48. The Hall–Kier alpha value is -1.03. The molecule has 4 heteroatoms. The molecular formula is C14H14ClNOS. The average Bonchev–Trinajstić information content (AvgIpc) is 2.95. The minimum atomic E-state index is -0.158. The van der Waals surface area contributed by atoms with E-state index in [0.29, 0.717) is 0 Å². The second-order valence-electron chi connectivity index (χ2n) is 4.51. The molecule has 1 atom stereocenters. The Morgan fingerprint density at radius 1 is 1.39 bits per heavy atom. The summed E-state index contributed by atoms with van der Waals surface area (Å²) in [4.78, 5) is 2.41. The molecule has 18 heavy (non-hydrogen) atoms. The smallest absolute Gasteiger partial charge is 0.127 e. The van der Waals surface area contributed by atoms with Crippen molar-refractivity contribution in [2.24, 2.45) is 5.73 Å². The maximum atomic E-state index is 6.34.